The molecule has 2 rings (SSSR count). The molecule has 122 valence electrons. The first-order valence-electron chi connectivity index (χ1n) is 7.80. The van der Waals surface area contributed by atoms with Gasteiger partial charge in [-0.15, -0.1) is 0 Å². The minimum absolute atomic E-state index is 0.124. The lowest BCUT2D eigenvalue weighted by atomic mass is 9.88. The summed E-state index contributed by atoms with van der Waals surface area (Å²) in [4.78, 5) is 14.6. The Morgan fingerprint density at radius 3 is 2.64 bits per heavy atom. The number of Topliss-reactive ketones (excluding diaryl/α,β-unsaturated/α-hetero) is 1. The van der Waals surface area contributed by atoms with Crippen molar-refractivity contribution in [2.75, 3.05) is 26.2 Å². The van der Waals surface area contributed by atoms with Crippen LogP contribution in [0, 0.1) is 17.6 Å². The third kappa shape index (κ3) is 4.58. The van der Waals surface area contributed by atoms with Crippen molar-refractivity contribution in [1.82, 2.24) is 4.90 Å². The van der Waals surface area contributed by atoms with Gasteiger partial charge in [-0.05, 0) is 58.0 Å². The van der Waals surface area contributed by atoms with Crippen LogP contribution in [0.2, 0.25) is 0 Å². The van der Waals surface area contributed by atoms with Gasteiger partial charge in [0.1, 0.15) is 11.6 Å². The monoisotopic (exact) mass is 311 g/mol. The lowest BCUT2D eigenvalue weighted by molar-refractivity contribution is 0.0494. The van der Waals surface area contributed by atoms with Crippen molar-refractivity contribution < 1.29 is 18.3 Å². The van der Waals surface area contributed by atoms with Crippen LogP contribution < -0.4 is 0 Å². The lowest BCUT2D eigenvalue weighted by Gasteiger charge is -2.31. The first kappa shape index (κ1) is 17.0. The molecule has 0 unspecified atom stereocenters. The lowest BCUT2D eigenvalue weighted by Crippen LogP contribution is -2.38. The molecule has 0 bridgehead atoms. The molecule has 0 aromatic heterocycles. The molecule has 0 amide bonds. The van der Waals surface area contributed by atoms with Gasteiger partial charge in [0.25, 0.3) is 0 Å². The van der Waals surface area contributed by atoms with Crippen molar-refractivity contribution in [2.24, 2.45) is 5.92 Å². The zero-order chi connectivity index (χ0) is 16.1. The summed E-state index contributed by atoms with van der Waals surface area (Å²) in [6.07, 6.45) is 1.57. The average molecular weight is 311 g/mol. The Bertz CT molecular complexity index is 511. The van der Waals surface area contributed by atoms with E-state index in [2.05, 4.69) is 4.90 Å². The molecule has 0 atom stereocenters. The van der Waals surface area contributed by atoms with Gasteiger partial charge in [-0.2, -0.15) is 0 Å². The Balaban J connectivity index is 1.86. The van der Waals surface area contributed by atoms with E-state index in [0.29, 0.717) is 19.4 Å². The molecule has 0 spiro atoms. The van der Waals surface area contributed by atoms with Crippen LogP contribution in [0.1, 0.15) is 37.0 Å². The van der Waals surface area contributed by atoms with Crippen LogP contribution in [-0.4, -0.2) is 43.0 Å². The maximum Gasteiger partial charge on any atom is 0.169 e. The summed E-state index contributed by atoms with van der Waals surface area (Å²) in [7, 11) is 0. The molecule has 1 aromatic rings. The van der Waals surface area contributed by atoms with Gasteiger partial charge in [0.05, 0.1) is 18.3 Å². The number of piperidine rings is 1. The Hall–Kier alpha value is -1.33. The Morgan fingerprint density at radius 2 is 2.00 bits per heavy atom. The number of carbonyl (C=O) groups is 1. The number of carbonyl (C=O) groups excluding carboxylic acids is 1. The van der Waals surface area contributed by atoms with Gasteiger partial charge < -0.3 is 9.64 Å². The summed E-state index contributed by atoms with van der Waals surface area (Å²) in [5.74, 6) is -1.72. The largest absolute Gasteiger partial charge is 0.377 e. The topological polar surface area (TPSA) is 29.5 Å². The number of likely N-dealkylation sites (tertiary alicyclic amines) is 1. The summed E-state index contributed by atoms with van der Waals surface area (Å²) in [6, 6.07) is 3.05. The van der Waals surface area contributed by atoms with Gasteiger partial charge in [-0.1, -0.05) is 0 Å². The third-order valence-electron chi connectivity index (χ3n) is 4.01. The molecule has 22 heavy (non-hydrogen) atoms. The van der Waals surface area contributed by atoms with Crippen LogP contribution in [0.3, 0.4) is 0 Å². The molecule has 0 N–H and O–H groups in total. The van der Waals surface area contributed by atoms with Gasteiger partial charge in [-0.25, -0.2) is 8.78 Å². The number of hydrogen-bond donors (Lipinski definition) is 0. The van der Waals surface area contributed by atoms with Crippen LogP contribution in [0.4, 0.5) is 8.78 Å². The van der Waals surface area contributed by atoms with Crippen molar-refractivity contribution in [3.05, 3.63) is 35.4 Å². The van der Waals surface area contributed by atoms with Gasteiger partial charge in [0.2, 0.25) is 0 Å². The fourth-order valence-electron chi connectivity index (χ4n) is 2.74. The molecule has 0 saturated carbocycles. The second-order valence-electron chi connectivity index (χ2n) is 6.02. The van der Waals surface area contributed by atoms with Crippen LogP contribution >= 0.6 is 0 Å². The molecule has 1 saturated heterocycles. The predicted molar refractivity (Wildman–Crippen MR) is 80.9 cm³/mol. The first-order valence-corrected chi connectivity index (χ1v) is 7.80. The van der Waals surface area contributed by atoms with E-state index in [1.165, 1.54) is 0 Å². The molecule has 1 aromatic carbocycles. The number of hydrogen-bond acceptors (Lipinski definition) is 3. The fourth-order valence-corrected chi connectivity index (χ4v) is 2.74. The van der Waals surface area contributed by atoms with Gasteiger partial charge in [0, 0.05) is 12.5 Å². The van der Waals surface area contributed by atoms with Crippen molar-refractivity contribution in [2.45, 2.75) is 32.8 Å². The van der Waals surface area contributed by atoms with Gasteiger partial charge in [0.15, 0.2) is 5.78 Å². The standard InChI is InChI=1S/C17H23F2NO2/c1-12(2)22-10-9-20-7-5-13(6-8-20)17(21)15-11-14(18)3-4-16(15)19/h3-4,11-13H,5-10H2,1-2H3. The Morgan fingerprint density at radius 1 is 1.32 bits per heavy atom. The molecule has 0 radical (unpaired) electrons. The number of ether oxygens (including phenoxy) is 1. The van der Waals surface area contributed by atoms with E-state index in [9.17, 15) is 13.6 Å². The van der Waals surface area contributed by atoms with Gasteiger partial charge in [-0.3, -0.25) is 4.79 Å². The van der Waals surface area contributed by atoms with Crippen molar-refractivity contribution >= 4 is 5.78 Å². The van der Waals surface area contributed by atoms with E-state index in [1.54, 1.807) is 0 Å². The average Bonchev–Trinajstić information content (AvgIpc) is 2.49. The number of ketones is 1. The minimum Gasteiger partial charge on any atom is -0.377 e. The smallest absolute Gasteiger partial charge is 0.169 e. The van der Waals surface area contributed by atoms with E-state index < -0.39 is 11.6 Å². The third-order valence-corrected chi connectivity index (χ3v) is 4.01. The minimum atomic E-state index is -0.640. The molecule has 3 nitrogen and oxygen atoms in total. The number of nitrogens with zero attached hydrogens (tertiary/aromatic N) is 1. The molecule has 1 aliphatic heterocycles. The van der Waals surface area contributed by atoms with Crippen molar-refractivity contribution in [3.63, 3.8) is 0 Å². The van der Waals surface area contributed by atoms with Crippen LogP contribution in [0.25, 0.3) is 0 Å². The highest BCUT2D eigenvalue weighted by Gasteiger charge is 2.27. The Kier molecular flexibility index (Phi) is 6.03. The molecule has 0 aliphatic carbocycles. The van der Waals surface area contributed by atoms with E-state index in [-0.39, 0.29) is 23.4 Å². The molecule has 1 aliphatic rings. The van der Waals surface area contributed by atoms with E-state index in [0.717, 1.165) is 37.8 Å². The second kappa shape index (κ2) is 7.79. The maximum atomic E-state index is 13.7. The Labute approximate surface area is 130 Å². The normalized spacial score (nSPS) is 17.1. The highest BCUT2D eigenvalue weighted by atomic mass is 19.1. The van der Waals surface area contributed by atoms with Crippen molar-refractivity contribution in [3.8, 4) is 0 Å². The van der Waals surface area contributed by atoms with E-state index in [4.69, 9.17) is 4.74 Å². The second-order valence-corrected chi connectivity index (χ2v) is 6.02. The van der Waals surface area contributed by atoms with E-state index >= 15 is 0 Å². The summed E-state index contributed by atoms with van der Waals surface area (Å²) in [5.41, 5.74) is -0.124. The highest BCUT2D eigenvalue weighted by Crippen LogP contribution is 2.23. The number of rotatable bonds is 6. The molecular weight excluding hydrogens is 288 g/mol. The molecular formula is C17H23F2NO2. The van der Waals surface area contributed by atoms with Crippen LogP contribution in [0.15, 0.2) is 18.2 Å². The first-order chi connectivity index (χ1) is 10.5. The maximum absolute atomic E-state index is 13.7. The number of benzene rings is 1. The summed E-state index contributed by atoms with van der Waals surface area (Å²) >= 11 is 0. The molecule has 1 fully saturated rings. The summed E-state index contributed by atoms with van der Waals surface area (Å²) in [5, 5.41) is 0. The zero-order valence-electron chi connectivity index (χ0n) is 13.1. The van der Waals surface area contributed by atoms with Gasteiger partial charge >= 0.3 is 0 Å². The van der Waals surface area contributed by atoms with Crippen molar-refractivity contribution in [1.29, 1.82) is 0 Å². The van der Waals surface area contributed by atoms with E-state index in [1.807, 2.05) is 13.8 Å². The van der Waals surface area contributed by atoms with Crippen LogP contribution in [0.5, 0.6) is 0 Å². The quantitative estimate of drug-likeness (QED) is 0.755. The molecule has 5 heteroatoms. The highest BCUT2D eigenvalue weighted by molar-refractivity contribution is 5.98. The number of halogens is 2. The summed E-state index contributed by atoms with van der Waals surface area (Å²) < 4.78 is 32.4. The van der Waals surface area contributed by atoms with Crippen LogP contribution in [-0.2, 0) is 4.74 Å². The SMILES string of the molecule is CC(C)OCCN1CCC(C(=O)c2cc(F)ccc2F)CC1. The predicted octanol–water partition coefficient (Wildman–Crippen LogP) is 3.28. The molecule has 1 heterocycles. The summed E-state index contributed by atoms with van der Waals surface area (Å²) in [6.45, 7) is 7.09. The zero-order valence-corrected chi connectivity index (χ0v) is 13.1. The fraction of sp³-hybridized carbons (Fsp3) is 0.588.